The molecule has 5 fully saturated rings. The number of fused-ring (bicyclic) bond motifs is 3. The summed E-state index contributed by atoms with van der Waals surface area (Å²) in [6, 6.07) is 2.81. The molecule has 3 aromatic heterocycles. The van der Waals surface area contributed by atoms with Gasteiger partial charge in [-0.05, 0) is 77.9 Å². The molecule has 3 saturated heterocycles. The molecular formula is C65H89N6O28P. The lowest BCUT2D eigenvalue weighted by molar-refractivity contribution is -0.231. The Kier molecular flexibility index (Phi) is 31.3. The van der Waals surface area contributed by atoms with Crippen molar-refractivity contribution in [2.45, 2.75) is 217 Å². The molecule has 16 atom stereocenters. The van der Waals surface area contributed by atoms with Crippen LogP contribution >= 0.6 is 7.60 Å². The van der Waals surface area contributed by atoms with Crippen LogP contribution in [0.5, 0.6) is 0 Å². The predicted molar refractivity (Wildman–Crippen MR) is 351 cm³/mol. The van der Waals surface area contributed by atoms with Gasteiger partial charge < -0.3 is 72.6 Å². The van der Waals surface area contributed by atoms with Gasteiger partial charge in [0.25, 0.3) is 16.7 Å². The van der Waals surface area contributed by atoms with Crippen LogP contribution in [0.2, 0.25) is 0 Å². The predicted octanol–water partition coefficient (Wildman–Crippen LogP) is 2.37. The van der Waals surface area contributed by atoms with E-state index in [1.165, 1.54) is 78.2 Å². The topological polar surface area (TPSA) is 484 Å². The fourth-order valence-corrected chi connectivity index (χ4v) is 11.6. The Morgan fingerprint density at radius 2 is 1.01 bits per heavy atom. The number of aromatic amines is 3. The molecule has 0 amide bonds. The molecule has 7 aliphatic carbocycles. The van der Waals surface area contributed by atoms with Crippen LogP contribution in [0.15, 0.2) is 138 Å². The molecule has 0 spiro atoms. The van der Waals surface area contributed by atoms with E-state index in [1.807, 2.05) is 6.08 Å². The molecule has 2 saturated carbocycles. The lowest BCUT2D eigenvalue weighted by atomic mass is 10.1. The Balaban J connectivity index is 0.000000213. The highest BCUT2D eigenvalue weighted by molar-refractivity contribution is 7.51. The maximum atomic E-state index is 12.0. The molecule has 34 nitrogen and oxygen atoms in total. The van der Waals surface area contributed by atoms with Gasteiger partial charge in [0.1, 0.15) is 49.1 Å². The highest BCUT2D eigenvalue weighted by Crippen LogP contribution is 2.47. The smallest absolute Gasteiger partial charge is 0.350 e. The van der Waals surface area contributed by atoms with Crippen LogP contribution in [0.25, 0.3) is 0 Å². The number of hydrogen-bond donors (Lipinski definition) is 9. The van der Waals surface area contributed by atoms with Gasteiger partial charge >= 0.3 is 54.5 Å². The average molecular weight is 1430 g/mol. The lowest BCUT2D eigenvalue weighted by Gasteiger charge is -2.24. The number of carbonyl (C=O) groups excluding carboxylic acids is 5. The van der Waals surface area contributed by atoms with Gasteiger partial charge in [-0.25, -0.2) is 19.2 Å². The van der Waals surface area contributed by atoms with E-state index in [-0.39, 0.29) is 42.7 Å². The van der Waals surface area contributed by atoms with Gasteiger partial charge in [-0.1, -0.05) is 67.7 Å². The Labute approximate surface area is 572 Å². The number of H-pyrrole nitrogens is 3. The summed E-state index contributed by atoms with van der Waals surface area (Å²) in [6.07, 6.45) is 28.5. The largest absolute Gasteiger partial charge is 0.458 e. The van der Waals surface area contributed by atoms with Gasteiger partial charge in [0, 0.05) is 84.2 Å². The van der Waals surface area contributed by atoms with Crippen molar-refractivity contribution in [3.05, 3.63) is 172 Å². The normalized spacial score (nSPS) is 29.0. The van der Waals surface area contributed by atoms with E-state index >= 15 is 0 Å². The van der Waals surface area contributed by atoms with E-state index in [9.17, 15) is 67.5 Å². The summed E-state index contributed by atoms with van der Waals surface area (Å²) in [7, 11) is -4.33. The zero-order valence-corrected chi connectivity index (χ0v) is 57.6. The Bertz CT molecular complexity index is 3810. The molecular weight excluding hydrogens is 1340 g/mol. The number of carbonyl (C=O) groups is 5. The number of hydrogen-bond acceptors (Lipinski definition) is 26. The molecule has 3 aliphatic heterocycles. The quantitative estimate of drug-likeness (QED) is 0.0228. The minimum absolute atomic E-state index is 0.0347. The second-order valence-corrected chi connectivity index (χ2v) is 26.3. The first kappa shape index (κ1) is 82.4. The molecule has 0 bridgehead atoms. The fourth-order valence-electron chi connectivity index (χ4n) is 11.2. The number of rotatable bonds is 8. The zero-order valence-electron chi connectivity index (χ0n) is 56.7. The Hall–Kier alpha value is -8.22. The lowest BCUT2D eigenvalue weighted by Crippen LogP contribution is -2.36. The third kappa shape index (κ3) is 28.1. The summed E-state index contributed by atoms with van der Waals surface area (Å²) in [5, 5.41) is 35.5. The summed E-state index contributed by atoms with van der Waals surface area (Å²) in [4.78, 5) is 146. The summed E-state index contributed by atoms with van der Waals surface area (Å²) in [5.74, 6) is -3.44. The second kappa shape index (κ2) is 38.0. The highest BCUT2D eigenvalue weighted by Gasteiger charge is 2.56. The van der Waals surface area contributed by atoms with Gasteiger partial charge in [-0.2, -0.15) is 5.26 Å². The maximum absolute atomic E-state index is 12.0. The first-order valence-corrected chi connectivity index (χ1v) is 33.5. The van der Waals surface area contributed by atoms with Crippen molar-refractivity contribution in [2.24, 2.45) is 5.92 Å². The average Bonchev–Trinajstić information content (AvgIpc) is 1.61. The van der Waals surface area contributed by atoms with E-state index in [1.54, 1.807) is 52.0 Å². The number of nitrogens with zero attached hydrogens (tertiary/aromatic N) is 3. The van der Waals surface area contributed by atoms with Crippen molar-refractivity contribution in [1.82, 2.24) is 28.7 Å². The number of aliphatic hydroxyl groups excluding tert-OH is 3. The van der Waals surface area contributed by atoms with E-state index in [2.05, 4.69) is 74.0 Å². The van der Waals surface area contributed by atoms with Crippen LogP contribution < -0.4 is 33.7 Å². The van der Waals surface area contributed by atoms with E-state index in [0.29, 0.717) is 37.4 Å². The Morgan fingerprint density at radius 1 is 0.560 bits per heavy atom. The van der Waals surface area contributed by atoms with Crippen LogP contribution in [0.4, 0.5) is 0 Å². The zero-order chi connectivity index (χ0) is 74.4. The van der Waals surface area contributed by atoms with Crippen LogP contribution in [-0.4, -0.2) is 180 Å². The van der Waals surface area contributed by atoms with Gasteiger partial charge in [-0.3, -0.25) is 66.8 Å². The number of esters is 4. The van der Waals surface area contributed by atoms with E-state index in [0.717, 1.165) is 26.2 Å². The van der Waals surface area contributed by atoms with E-state index in [4.69, 9.17) is 58.0 Å². The molecule has 10 aliphatic rings. The number of epoxide rings is 1. The van der Waals surface area contributed by atoms with Gasteiger partial charge in [0.15, 0.2) is 11.6 Å². The van der Waals surface area contributed by atoms with Crippen molar-refractivity contribution >= 4 is 37.4 Å². The second-order valence-electron chi connectivity index (χ2n) is 24.8. The van der Waals surface area contributed by atoms with E-state index < -0.39 is 132 Å². The van der Waals surface area contributed by atoms with Crippen LogP contribution in [0.3, 0.4) is 0 Å². The molecule has 9 N–H and O–H groups in total. The van der Waals surface area contributed by atoms with Crippen LogP contribution in [0.1, 0.15) is 132 Å². The minimum Gasteiger partial charge on any atom is -0.458 e. The SMILES string of the molecule is C1=CC2OC2C1.C1=CCC=C1.CC(=O)OC(C)=O.CC(=O)OO.CC(=O)O[C@H]1C=C[C@@H](C)C1.CC(=O)O[C@H]1C=C[C@@H](O)C1.CC1(C)OC2C(O1)[C@@H](O)C[C@H]2n1ccc(=O)[nH]c1=O.CC1(C)OC2C(O1)[C@H](n1ccc(=O)[nH]c1=O)C[C@@H]2OCP(=O)(O)O.O=c1ccn([C@H]2C=C[C@@H](O)C2)c(=O)[nH]1. The number of nitrogens with one attached hydrogen (secondary N) is 3. The van der Waals surface area contributed by atoms with Crippen molar-refractivity contribution in [3.8, 4) is 0 Å². The summed E-state index contributed by atoms with van der Waals surface area (Å²) in [5.41, 5.74) is -2.90. The third-order valence-electron chi connectivity index (χ3n) is 15.2. The number of aliphatic hydroxyl groups is 3. The minimum atomic E-state index is -4.33. The van der Waals surface area contributed by atoms with Crippen molar-refractivity contribution in [1.29, 1.82) is 0 Å². The number of allylic oxidation sites excluding steroid dienone is 6. The number of aromatic nitrogens is 6. The first-order chi connectivity index (χ1) is 46.8. The van der Waals surface area contributed by atoms with Crippen LogP contribution in [-0.2, 0) is 76.1 Å². The molecule has 0 radical (unpaired) electrons. The summed E-state index contributed by atoms with van der Waals surface area (Å²) < 4.78 is 62.3. The van der Waals surface area contributed by atoms with Crippen molar-refractivity contribution in [3.63, 3.8) is 0 Å². The molecule has 6 unspecified atom stereocenters. The molecule has 552 valence electrons. The van der Waals surface area contributed by atoms with Gasteiger partial charge in [-0.15, -0.1) is 0 Å². The molecule has 0 aromatic carbocycles. The molecule has 100 heavy (non-hydrogen) atoms. The third-order valence-corrected chi connectivity index (χ3v) is 15.7. The monoisotopic (exact) mass is 1430 g/mol. The maximum Gasteiger partial charge on any atom is 0.350 e. The number of ether oxygens (including phenoxy) is 9. The highest BCUT2D eigenvalue weighted by atomic mass is 31.2. The molecule has 35 heteroatoms. The van der Waals surface area contributed by atoms with Gasteiger partial charge in [0.2, 0.25) is 0 Å². The van der Waals surface area contributed by atoms with Crippen molar-refractivity contribution in [2.75, 3.05) is 6.35 Å². The summed E-state index contributed by atoms with van der Waals surface area (Å²) >= 11 is 0. The van der Waals surface area contributed by atoms with Crippen molar-refractivity contribution < 1.29 is 106 Å². The van der Waals surface area contributed by atoms with Crippen LogP contribution in [0, 0.1) is 5.92 Å². The fraction of sp³-hybridized carbons (Fsp3) is 0.554. The molecule has 13 rings (SSSR count). The molecule has 6 heterocycles. The van der Waals surface area contributed by atoms with Gasteiger partial charge in [0.05, 0.1) is 48.6 Å². The molecule has 3 aromatic rings. The standard InChI is InChI=1S/C13H19N2O8P.C12H16N2O5.C9H10N2O3.C8H12O2.C7H10O3.C5H6O.C5H6.C4H6O3.C2H4O3/c1-13(2)22-10-7(15-4-3-9(16)14-12(15)17)5-8(11(10)23-13)21-6-24(18,19)20;1-12(2)18-9-6(5-7(15)10(9)19-12)14-4-3-8(16)13-11(14)17;12-7-2-1-6(5-7)11-4-3-8(13)10-9(11)14;1-6-3-4-8(5-6)10-7(2)9;1-5(8)10-7-3-2-6(9)4-7;1-2-4-5(3-1)6-4;1-2-4-5-3-1;1-3(5)7-4(2)6;1-2(3)5-4/h3-4,7-8,10-11H,5-6H2,1-2H3,(H,14,16,17)(H2,18,19,20);3-4,6-7,9-10,15H,5H2,1-2H3,(H,13,16,17);1-4,6-7,12H,5H2,(H,10,13,14);3-4,6,8H,5H2,1-2H3;2-3,6-7,9H,4H2,1H3;1-2,4-5H,3H2;1-4H,5H2;1-2H3;4H,1H3/t7-,8+,10?,11?;6-,7+,9?,10?;6-,7+;6-,8+;6-,7+;;;;/m11011..../s1. The first-order valence-electron chi connectivity index (χ1n) is 31.7. The summed E-state index contributed by atoms with van der Waals surface area (Å²) in [6.45, 7) is 15.3. The Morgan fingerprint density at radius 3 is 1.36 bits per heavy atom.